The fraction of sp³-hybridized carbons (Fsp3) is 0.889. The Morgan fingerprint density at radius 1 is 1.60 bits per heavy atom. The third kappa shape index (κ3) is 2.32. The Labute approximate surface area is 89.0 Å². The lowest BCUT2D eigenvalue weighted by Gasteiger charge is -2.22. The van der Waals surface area contributed by atoms with Crippen LogP contribution in [0, 0.1) is 5.92 Å². The van der Waals surface area contributed by atoms with Crippen molar-refractivity contribution >= 4 is 0 Å². The highest BCUT2D eigenvalue weighted by molar-refractivity contribution is 4.92. The number of aromatic nitrogens is 4. The molecule has 4 N–H and O–H groups in total. The molecule has 1 aliphatic carbocycles. The van der Waals surface area contributed by atoms with E-state index < -0.39 is 0 Å². The molecule has 0 saturated heterocycles. The van der Waals surface area contributed by atoms with Gasteiger partial charge in [0.1, 0.15) is 0 Å². The highest BCUT2D eigenvalue weighted by Gasteiger charge is 2.27. The van der Waals surface area contributed by atoms with Crippen LogP contribution in [0.5, 0.6) is 0 Å². The molecule has 6 nitrogen and oxygen atoms in total. The first-order valence-electron chi connectivity index (χ1n) is 5.50. The van der Waals surface area contributed by atoms with Crippen LogP contribution < -0.4 is 11.1 Å². The number of hydrogen-bond acceptors (Lipinski definition) is 5. The zero-order valence-corrected chi connectivity index (χ0v) is 8.98. The predicted octanol–water partition coefficient (Wildman–Crippen LogP) is -0.0223. The highest BCUT2D eigenvalue weighted by atomic mass is 15.5. The monoisotopic (exact) mass is 210 g/mol. The summed E-state index contributed by atoms with van der Waals surface area (Å²) >= 11 is 0. The zero-order chi connectivity index (χ0) is 10.7. The number of rotatable bonds is 4. The van der Waals surface area contributed by atoms with E-state index in [1.807, 2.05) is 0 Å². The lowest BCUT2D eigenvalue weighted by Crippen LogP contribution is -2.37. The van der Waals surface area contributed by atoms with Crippen LogP contribution in [0.15, 0.2) is 0 Å². The Morgan fingerprint density at radius 3 is 3.13 bits per heavy atom. The molecule has 1 aromatic rings. The summed E-state index contributed by atoms with van der Waals surface area (Å²) in [4.78, 5) is 0. The first-order valence-corrected chi connectivity index (χ1v) is 5.50. The molecular formula is C9H18N6. The SMILES string of the molecule is CC(NC1CCCC1CN)c1nn[nH]n1. The highest BCUT2D eigenvalue weighted by Crippen LogP contribution is 2.26. The summed E-state index contributed by atoms with van der Waals surface area (Å²) < 4.78 is 0. The van der Waals surface area contributed by atoms with Crippen molar-refractivity contribution < 1.29 is 0 Å². The number of tetrazole rings is 1. The van der Waals surface area contributed by atoms with Crippen molar-refractivity contribution in [2.45, 2.75) is 38.3 Å². The minimum absolute atomic E-state index is 0.140. The molecule has 1 saturated carbocycles. The molecule has 0 spiro atoms. The van der Waals surface area contributed by atoms with E-state index in [1.165, 1.54) is 19.3 Å². The van der Waals surface area contributed by atoms with Crippen molar-refractivity contribution in [2.24, 2.45) is 11.7 Å². The summed E-state index contributed by atoms with van der Waals surface area (Å²) in [6.45, 7) is 2.81. The molecule has 1 aliphatic rings. The average molecular weight is 210 g/mol. The second-order valence-electron chi connectivity index (χ2n) is 4.19. The van der Waals surface area contributed by atoms with Gasteiger partial charge in [0.2, 0.25) is 0 Å². The van der Waals surface area contributed by atoms with Gasteiger partial charge in [-0.1, -0.05) is 11.6 Å². The van der Waals surface area contributed by atoms with E-state index in [0.717, 1.165) is 12.4 Å². The fourth-order valence-corrected chi connectivity index (χ4v) is 2.29. The summed E-state index contributed by atoms with van der Waals surface area (Å²) in [6, 6.07) is 0.643. The Morgan fingerprint density at radius 2 is 2.47 bits per heavy atom. The van der Waals surface area contributed by atoms with E-state index in [-0.39, 0.29) is 6.04 Å². The molecular weight excluding hydrogens is 192 g/mol. The molecule has 0 radical (unpaired) electrons. The third-order valence-corrected chi connectivity index (χ3v) is 3.17. The van der Waals surface area contributed by atoms with Crippen LogP contribution in [0.4, 0.5) is 0 Å². The fourth-order valence-electron chi connectivity index (χ4n) is 2.29. The van der Waals surface area contributed by atoms with Crippen LogP contribution in [0.1, 0.15) is 38.1 Å². The molecule has 0 aliphatic heterocycles. The second-order valence-corrected chi connectivity index (χ2v) is 4.19. The van der Waals surface area contributed by atoms with Gasteiger partial charge in [-0.05, 0) is 32.2 Å². The van der Waals surface area contributed by atoms with Gasteiger partial charge in [0.15, 0.2) is 5.82 Å². The molecule has 15 heavy (non-hydrogen) atoms. The topological polar surface area (TPSA) is 92.5 Å². The number of H-pyrrole nitrogens is 1. The van der Waals surface area contributed by atoms with Crippen molar-refractivity contribution in [3.05, 3.63) is 5.82 Å². The number of nitrogens with one attached hydrogen (secondary N) is 2. The van der Waals surface area contributed by atoms with E-state index in [2.05, 4.69) is 32.9 Å². The number of aromatic amines is 1. The standard InChI is InChI=1S/C9H18N6/c1-6(9-12-14-15-13-9)11-8-4-2-3-7(8)5-10/h6-8,11H,2-5,10H2,1H3,(H,12,13,14,15). The normalized spacial score (nSPS) is 28.1. The van der Waals surface area contributed by atoms with Gasteiger partial charge in [0.05, 0.1) is 6.04 Å². The Bertz CT molecular complexity index is 285. The van der Waals surface area contributed by atoms with Crippen LogP contribution in [-0.4, -0.2) is 33.2 Å². The molecule has 0 aromatic carbocycles. The van der Waals surface area contributed by atoms with Crippen molar-refractivity contribution in [2.75, 3.05) is 6.54 Å². The maximum Gasteiger partial charge on any atom is 0.191 e. The number of nitrogens with zero attached hydrogens (tertiary/aromatic N) is 3. The smallest absolute Gasteiger partial charge is 0.191 e. The Hall–Kier alpha value is -1.01. The van der Waals surface area contributed by atoms with Crippen LogP contribution in [-0.2, 0) is 0 Å². The summed E-state index contributed by atoms with van der Waals surface area (Å²) in [6.07, 6.45) is 3.69. The quantitative estimate of drug-likeness (QED) is 0.649. The maximum atomic E-state index is 5.73. The van der Waals surface area contributed by atoms with Gasteiger partial charge in [0.25, 0.3) is 0 Å². The van der Waals surface area contributed by atoms with Gasteiger partial charge in [-0.2, -0.15) is 5.21 Å². The molecule has 1 fully saturated rings. The molecule has 3 atom stereocenters. The number of nitrogens with two attached hydrogens (primary N) is 1. The summed E-state index contributed by atoms with van der Waals surface area (Å²) in [5.74, 6) is 1.32. The van der Waals surface area contributed by atoms with E-state index in [4.69, 9.17) is 5.73 Å². The van der Waals surface area contributed by atoms with Gasteiger partial charge in [0, 0.05) is 6.04 Å². The van der Waals surface area contributed by atoms with Crippen LogP contribution in [0.2, 0.25) is 0 Å². The third-order valence-electron chi connectivity index (χ3n) is 3.17. The van der Waals surface area contributed by atoms with Gasteiger partial charge in [-0.25, -0.2) is 0 Å². The van der Waals surface area contributed by atoms with Gasteiger partial charge in [-0.3, -0.25) is 0 Å². The molecule has 0 bridgehead atoms. The first kappa shape index (κ1) is 10.5. The van der Waals surface area contributed by atoms with Crippen molar-refractivity contribution in [3.63, 3.8) is 0 Å². The van der Waals surface area contributed by atoms with Crippen LogP contribution >= 0.6 is 0 Å². The molecule has 84 valence electrons. The van der Waals surface area contributed by atoms with Crippen molar-refractivity contribution in [3.8, 4) is 0 Å². The number of hydrogen-bond donors (Lipinski definition) is 3. The van der Waals surface area contributed by atoms with Gasteiger partial charge < -0.3 is 11.1 Å². The van der Waals surface area contributed by atoms with Gasteiger partial charge in [-0.15, -0.1) is 10.2 Å². The molecule has 1 heterocycles. The summed E-state index contributed by atoms with van der Waals surface area (Å²) in [7, 11) is 0. The minimum atomic E-state index is 0.140. The first-order chi connectivity index (χ1) is 7.31. The van der Waals surface area contributed by atoms with Gasteiger partial charge >= 0.3 is 0 Å². The Balaban J connectivity index is 1.91. The van der Waals surface area contributed by atoms with Crippen LogP contribution in [0.25, 0.3) is 0 Å². The molecule has 3 unspecified atom stereocenters. The van der Waals surface area contributed by atoms with E-state index in [0.29, 0.717) is 12.0 Å². The zero-order valence-electron chi connectivity index (χ0n) is 8.98. The lowest BCUT2D eigenvalue weighted by molar-refractivity contribution is 0.367. The lowest BCUT2D eigenvalue weighted by atomic mass is 10.0. The summed E-state index contributed by atoms with van der Waals surface area (Å²) in [5.41, 5.74) is 5.73. The Kier molecular flexibility index (Phi) is 3.27. The largest absolute Gasteiger partial charge is 0.330 e. The van der Waals surface area contributed by atoms with Crippen LogP contribution in [0.3, 0.4) is 0 Å². The summed E-state index contributed by atoms with van der Waals surface area (Å²) in [5, 5.41) is 17.5. The predicted molar refractivity (Wildman–Crippen MR) is 55.9 cm³/mol. The molecule has 2 rings (SSSR count). The maximum absolute atomic E-state index is 5.73. The molecule has 1 aromatic heterocycles. The van der Waals surface area contributed by atoms with E-state index >= 15 is 0 Å². The van der Waals surface area contributed by atoms with Crippen molar-refractivity contribution in [1.82, 2.24) is 25.9 Å². The van der Waals surface area contributed by atoms with Crippen molar-refractivity contribution in [1.29, 1.82) is 0 Å². The second kappa shape index (κ2) is 4.67. The molecule has 6 heteroatoms. The average Bonchev–Trinajstić information content (AvgIpc) is 2.87. The molecule has 0 amide bonds. The minimum Gasteiger partial charge on any atom is -0.330 e. The van der Waals surface area contributed by atoms with E-state index in [9.17, 15) is 0 Å². The van der Waals surface area contributed by atoms with E-state index in [1.54, 1.807) is 0 Å².